The molecule has 122 valence electrons. The first-order chi connectivity index (χ1) is 10.2. The molecular formula is C18H34N2O. The van der Waals surface area contributed by atoms with Crippen molar-refractivity contribution in [2.45, 2.75) is 83.6 Å². The number of hydrogen-bond acceptors (Lipinski definition) is 2. The zero-order valence-corrected chi connectivity index (χ0v) is 13.9. The molecule has 0 aromatic heterocycles. The molecule has 0 aliphatic heterocycles. The smallest absolute Gasteiger partial charge is 0.225 e. The van der Waals surface area contributed by atoms with Crippen LogP contribution in [0.3, 0.4) is 0 Å². The van der Waals surface area contributed by atoms with E-state index >= 15 is 0 Å². The van der Waals surface area contributed by atoms with Crippen molar-refractivity contribution in [1.29, 1.82) is 0 Å². The molecule has 0 radical (unpaired) electrons. The van der Waals surface area contributed by atoms with Crippen LogP contribution in [0, 0.1) is 11.8 Å². The Balaban J connectivity index is 1.97. The Morgan fingerprint density at radius 1 is 1.00 bits per heavy atom. The van der Waals surface area contributed by atoms with Gasteiger partial charge in [0.1, 0.15) is 0 Å². The molecular weight excluding hydrogens is 260 g/mol. The number of rotatable bonds is 5. The molecule has 1 amide bonds. The first kappa shape index (κ1) is 16.8. The summed E-state index contributed by atoms with van der Waals surface area (Å²) >= 11 is 0. The fraction of sp³-hybridized carbons (Fsp3) is 0.944. The van der Waals surface area contributed by atoms with Crippen LogP contribution in [0.25, 0.3) is 0 Å². The van der Waals surface area contributed by atoms with E-state index in [0.29, 0.717) is 24.4 Å². The largest absolute Gasteiger partial charge is 0.339 e. The average Bonchev–Trinajstić information content (AvgIpc) is 2.77. The second-order valence-corrected chi connectivity index (χ2v) is 7.28. The van der Waals surface area contributed by atoms with Gasteiger partial charge in [0, 0.05) is 18.5 Å². The Kier molecular flexibility index (Phi) is 7.01. The summed E-state index contributed by atoms with van der Waals surface area (Å²) in [5.74, 6) is 1.55. The monoisotopic (exact) mass is 294 g/mol. The van der Waals surface area contributed by atoms with Crippen molar-refractivity contribution in [2.24, 2.45) is 17.6 Å². The minimum absolute atomic E-state index is 0.294. The Hall–Kier alpha value is -0.570. The van der Waals surface area contributed by atoms with Crippen molar-refractivity contribution in [3.63, 3.8) is 0 Å². The van der Waals surface area contributed by atoms with Gasteiger partial charge in [0.2, 0.25) is 5.91 Å². The Morgan fingerprint density at radius 2 is 1.62 bits per heavy atom. The molecule has 2 aliphatic rings. The van der Waals surface area contributed by atoms with E-state index in [1.165, 1.54) is 51.4 Å². The van der Waals surface area contributed by atoms with E-state index in [0.717, 1.165) is 31.7 Å². The first-order valence-electron chi connectivity index (χ1n) is 9.23. The third-order valence-electron chi connectivity index (χ3n) is 5.52. The van der Waals surface area contributed by atoms with Gasteiger partial charge in [0.25, 0.3) is 0 Å². The molecule has 3 heteroatoms. The van der Waals surface area contributed by atoms with Gasteiger partial charge in [-0.3, -0.25) is 4.79 Å². The molecule has 21 heavy (non-hydrogen) atoms. The number of carbonyl (C=O) groups is 1. The zero-order valence-electron chi connectivity index (χ0n) is 13.9. The van der Waals surface area contributed by atoms with Gasteiger partial charge < -0.3 is 10.6 Å². The first-order valence-corrected chi connectivity index (χ1v) is 9.23. The lowest BCUT2D eigenvalue weighted by Crippen LogP contribution is -2.45. The molecule has 0 unspecified atom stereocenters. The van der Waals surface area contributed by atoms with Gasteiger partial charge in [-0.2, -0.15) is 0 Å². The predicted molar refractivity (Wildman–Crippen MR) is 88.0 cm³/mol. The topological polar surface area (TPSA) is 46.3 Å². The molecule has 2 aliphatic carbocycles. The molecule has 0 atom stereocenters. The lowest BCUT2D eigenvalue weighted by Gasteiger charge is -2.36. The second kappa shape index (κ2) is 8.77. The van der Waals surface area contributed by atoms with Crippen molar-refractivity contribution in [3.05, 3.63) is 0 Å². The summed E-state index contributed by atoms with van der Waals surface area (Å²) in [4.78, 5) is 15.2. The van der Waals surface area contributed by atoms with Gasteiger partial charge in [0.15, 0.2) is 0 Å². The Labute approximate surface area is 130 Å². The number of hydrogen-bond donors (Lipinski definition) is 1. The van der Waals surface area contributed by atoms with E-state index in [2.05, 4.69) is 11.8 Å². The van der Waals surface area contributed by atoms with Crippen LogP contribution in [0.4, 0.5) is 0 Å². The highest BCUT2D eigenvalue weighted by atomic mass is 16.2. The minimum atomic E-state index is 0.294. The highest BCUT2D eigenvalue weighted by Gasteiger charge is 2.31. The number of carbonyl (C=O) groups excluding carboxylic acids is 1. The van der Waals surface area contributed by atoms with Gasteiger partial charge in [-0.05, 0) is 57.4 Å². The van der Waals surface area contributed by atoms with Gasteiger partial charge in [-0.1, -0.05) is 32.6 Å². The SMILES string of the molecule is CC1CCC(C(=O)N(CCCN)C2CCCCCC2)CC1. The quantitative estimate of drug-likeness (QED) is 0.786. The zero-order chi connectivity index (χ0) is 15.1. The third kappa shape index (κ3) is 4.98. The van der Waals surface area contributed by atoms with Crippen LogP contribution in [-0.2, 0) is 4.79 Å². The van der Waals surface area contributed by atoms with Gasteiger partial charge >= 0.3 is 0 Å². The molecule has 2 rings (SSSR count). The van der Waals surface area contributed by atoms with Gasteiger partial charge in [-0.25, -0.2) is 0 Å². The second-order valence-electron chi connectivity index (χ2n) is 7.28. The fourth-order valence-corrected chi connectivity index (χ4v) is 4.05. The molecule has 3 nitrogen and oxygen atoms in total. The summed E-state index contributed by atoms with van der Waals surface area (Å²) < 4.78 is 0. The van der Waals surface area contributed by atoms with Crippen molar-refractivity contribution in [2.75, 3.05) is 13.1 Å². The van der Waals surface area contributed by atoms with Crippen LogP contribution in [-0.4, -0.2) is 29.9 Å². The summed E-state index contributed by atoms with van der Waals surface area (Å²) in [5, 5.41) is 0. The maximum atomic E-state index is 13.0. The summed E-state index contributed by atoms with van der Waals surface area (Å²) in [6.45, 7) is 3.89. The van der Waals surface area contributed by atoms with Crippen LogP contribution >= 0.6 is 0 Å². The van der Waals surface area contributed by atoms with Crippen molar-refractivity contribution in [1.82, 2.24) is 4.90 Å². The molecule has 2 fully saturated rings. The summed E-state index contributed by atoms with van der Waals surface area (Å²) in [6.07, 6.45) is 13.3. The van der Waals surface area contributed by atoms with Crippen LogP contribution in [0.2, 0.25) is 0 Å². The number of nitrogens with zero attached hydrogens (tertiary/aromatic N) is 1. The van der Waals surface area contributed by atoms with E-state index in [1.54, 1.807) is 0 Å². The Bertz CT molecular complexity index is 302. The summed E-state index contributed by atoms with van der Waals surface area (Å²) in [7, 11) is 0. The van der Waals surface area contributed by atoms with Crippen LogP contribution in [0.1, 0.15) is 77.6 Å². The van der Waals surface area contributed by atoms with Crippen molar-refractivity contribution in [3.8, 4) is 0 Å². The number of amides is 1. The summed E-state index contributed by atoms with van der Waals surface area (Å²) in [5.41, 5.74) is 5.70. The van der Waals surface area contributed by atoms with Gasteiger partial charge in [0.05, 0.1) is 0 Å². The van der Waals surface area contributed by atoms with Crippen LogP contribution in [0.15, 0.2) is 0 Å². The third-order valence-corrected chi connectivity index (χ3v) is 5.52. The van der Waals surface area contributed by atoms with E-state index < -0.39 is 0 Å². The molecule has 0 heterocycles. The molecule has 0 aromatic carbocycles. The maximum absolute atomic E-state index is 13.0. The highest BCUT2D eigenvalue weighted by Crippen LogP contribution is 2.31. The maximum Gasteiger partial charge on any atom is 0.225 e. The fourth-order valence-electron chi connectivity index (χ4n) is 4.05. The molecule has 0 bridgehead atoms. The lowest BCUT2D eigenvalue weighted by atomic mass is 9.82. The predicted octanol–water partition coefficient (Wildman–Crippen LogP) is 3.71. The minimum Gasteiger partial charge on any atom is -0.339 e. The van der Waals surface area contributed by atoms with E-state index in [9.17, 15) is 4.79 Å². The standard InChI is InChI=1S/C18H34N2O/c1-15-9-11-16(12-10-15)18(21)20(14-6-13-19)17-7-4-2-3-5-8-17/h15-17H,2-14,19H2,1H3. The Morgan fingerprint density at radius 3 is 2.19 bits per heavy atom. The van der Waals surface area contributed by atoms with E-state index in [4.69, 9.17) is 5.73 Å². The number of nitrogens with two attached hydrogens (primary N) is 1. The molecule has 0 saturated heterocycles. The molecule has 0 aromatic rings. The van der Waals surface area contributed by atoms with Crippen molar-refractivity contribution >= 4 is 5.91 Å². The van der Waals surface area contributed by atoms with E-state index in [-0.39, 0.29) is 0 Å². The lowest BCUT2D eigenvalue weighted by molar-refractivity contribution is -0.139. The van der Waals surface area contributed by atoms with Crippen LogP contribution in [0.5, 0.6) is 0 Å². The van der Waals surface area contributed by atoms with Crippen molar-refractivity contribution < 1.29 is 4.79 Å². The molecule has 2 N–H and O–H groups in total. The van der Waals surface area contributed by atoms with Crippen LogP contribution < -0.4 is 5.73 Å². The molecule has 2 saturated carbocycles. The average molecular weight is 294 g/mol. The summed E-state index contributed by atoms with van der Waals surface area (Å²) in [6, 6.07) is 0.492. The van der Waals surface area contributed by atoms with E-state index in [1.807, 2.05) is 0 Å². The molecule has 0 spiro atoms. The highest BCUT2D eigenvalue weighted by molar-refractivity contribution is 5.79. The van der Waals surface area contributed by atoms with Gasteiger partial charge in [-0.15, -0.1) is 0 Å². The normalized spacial score (nSPS) is 28.1.